The van der Waals surface area contributed by atoms with Gasteiger partial charge in [-0.25, -0.2) is 4.68 Å². The van der Waals surface area contributed by atoms with Crippen LogP contribution in [0.2, 0.25) is 0 Å². The van der Waals surface area contributed by atoms with Crippen LogP contribution in [-0.4, -0.2) is 31.3 Å². The minimum Gasteiger partial charge on any atom is -0.481 e. The Kier molecular flexibility index (Phi) is 3.08. The lowest BCUT2D eigenvalue weighted by Crippen LogP contribution is -2.22. The van der Waals surface area contributed by atoms with Gasteiger partial charge >= 0.3 is 5.97 Å². The number of carboxylic acids is 1. The molecule has 1 fully saturated rings. The summed E-state index contributed by atoms with van der Waals surface area (Å²) in [6.07, 6.45) is 1.36. The highest BCUT2D eigenvalue weighted by molar-refractivity contribution is 9.10. The smallest absolute Gasteiger partial charge is 0.311 e. The Balaban J connectivity index is 1.98. The van der Waals surface area contributed by atoms with Gasteiger partial charge in [-0.3, -0.25) is 4.79 Å². The predicted octanol–water partition coefficient (Wildman–Crippen LogP) is 2.28. The highest BCUT2D eigenvalue weighted by Crippen LogP contribution is 2.47. The molecule has 1 aromatic heterocycles. The highest BCUT2D eigenvalue weighted by Gasteiger charge is 2.51. The first kappa shape index (κ1) is 13.2. The summed E-state index contributed by atoms with van der Waals surface area (Å²) in [5.41, 5.74) is 1.26. The van der Waals surface area contributed by atoms with Crippen LogP contribution in [-0.2, 0) is 11.3 Å². The third-order valence-corrected chi connectivity index (χ3v) is 4.23. The van der Waals surface area contributed by atoms with E-state index in [1.54, 1.807) is 4.68 Å². The number of aryl methyl sites for hydroxylation is 1. The molecule has 0 unspecified atom stereocenters. The molecule has 3 rings (SSSR count). The van der Waals surface area contributed by atoms with Crippen molar-refractivity contribution < 1.29 is 9.90 Å². The quantitative estimate of drug-likeness (QED) is 0.926. The van der Waals surface area contributed by atoms with Crippen molar-refractivity contribution in [3.8, 4) is 11.4 Å². The van der Waals surface area contributed by atoms with E-state index in [0.29, 0.717) is 25.2 Å². The molecule has 6 nitrogen and oxygen atoms in total. The standard InChI is InChI=1S/C13H13BrN4O2/c1-8-2-3-9(14)6-10(8)11-15-16-17-18(11)7-13(4-5-13)12(19)20/h2-3,6H,4-5,7H2,1H3,(H,19,20). The van der Waals surface area contributed by atoms with Gasteiger partial charge in [0.1, 0.15) is 0 Å². The van der Waals surface area contributed by atoms with Gasteiger partial charge in [0.2, 0.25) is 0 Å². The lowest BCUT2D eigenvalue weighted by atomic mass is 10.1. The molecule has 1 heterocycles. The Morgan fingerprint density at radius 1 is 1.50 bits per heavy atom. The third kappa shape index (κ3) is 2.22. The second-order valence-corrected chi connectivity index (χ2v) is 6.12. The fraction of sp³-hybridized carbons (Fsp3) is 0.385. The van der Waals surface area contributed by atoms with Crippen molar-refractivity contribution in [1.29, 1.82) is 0 Å². The van der Waals surface area contributed by atoms with Crippen molar-refractivity contribution in [1.82, 2.24) is 20.2 Å². The van der Waals surface area contributed by atoms with E-state index in [1.807, 2.05) is 25.1 Å². The van der Waals surface area contributed by atoms with Crippen molar-refractivity contribution >= 4 is 21.9 Å². The highest BCUT2D eigenvalue weighted by atomic mass is 79.9. The van der Waals surface area contributed by atoms with Gasteiger partial charge in [-0.05, 0) is 47.9 Å². The van der Waals surface area contributed by atoms with E-state index in [-0.39, 0.29) is 0 Å². The van der Waals surface area contributed by atoms with Gasteiger partial charge in [0, 0.05) is 10.0 Å². The molecule has 7 heteroatoms. The molecule has 20 heavy (non-hydrogen) atoms. The van der Waals surface area contributed by atoms with Crippen LogP contribution in [0.5, 0.6) is 0 Å². The van der Waals surface area contributed by atoms with Gasteiger partial charge in [0.15, 0.2) is 5.82 Å². The number of aromatic nitrogens is 4. The largest absolute Gasteiger partial charge is 0.481 e. The summed E-state index contributed by atoms with van der Waals surface area (Å²) in [7, 11) is 0. The fourth-order valence-electron chi connectivity index (χ4n) is 2.22. The van der Waals surface area contributed by atoms with Crippen molar-refractivity contribution in [3.63, 3.8) is 0 Å². The lowest BCUT2D eigenvalue weighted by Gasteiger charge is -2.12. The molecule has 1 aliphatic rings. The number of hydrogen-bond acceptors (Lipinski definition) is 4. The SMILES string of the molecule is Cc1ccc(Br)cc1-c1nnnn1CC1(C(=O)O)CC1. The zero-order chi connectivity index (χ0) is 14.3. The van der Waals surface area contributed by atoms with E-state index in [9.17, 15) is 9.90 Å². The second kappa shape index (κ2) is 4.66. The Bertz CT molecular complexity index is 679. The number of tetrazole rings is 1. The first-order chi connectivity index (χ1) is 9.52. The molecular formula is C13H13BrN4O2. The van der Waals surface area contributed by atoms with Gasteiger partial charge in [0.05, 0.1) is 12.0 Å². The summed E-state index contributed by atoms with van der Waals surface area (Å²) in [6.45, 7) is 2.29. The molecule has 104 valence electrons. The number of halogens is 1. The van der Waals surface area contributed by atoms with Gasteiger partial charge < -0.3 is 5.11 Å². The summed E-state index contributed by atoms with van der Waals surface area (Å²) >= 11 is 3.43. The van der Waals surface area contributed by atoms with Crippen LogP contribution in [0.3, 0.4) is 0 Å². The average Bonchev–Trinajstić information content (AvgIpc) is 3.05. The van der Waals surface area contributed by atoms with Crippen LogP contribution in [0.4, 0.5) is 0 Å². The molecule has 1 aliphatic carbocycles. The van der Waals surface area contributed by atoms with E-state index in [0.717, 1.165) is 15.6 Å². The summed E-state index contributed by atoms with van der Waals surface area (Å²) in [5, 5.41) is 21.0. The summed E-state index contributed by atoms with van der Waals surface area (Å²) in [5.74, 6) is -0.166. The first-order valence-electron chi connectivity index (χ1n) is 6.28. The van der Waals surface area contributed by atoms with Crippen molar-refractivity contribution in [2.45, 2.75) is 26.3 Å². The molecule has 0 spiro atoms. The monoisotopic (exact) mass is 336 g/mol. The molecule has 0 radical (unpaired) electrons. The van der Waals surface area contributed by atoms with Crippen LogP contribution in [0.25, 0.3) is 11.4 Å². The molecule has 0 aliphatic heterocycles. The molecule has 1 N–H and O–H groups in total. The Hall–Kier alpha value is -1.76. The number of rotatable bonds is 4. The Morgan fingerprint density at radius 2 is 2.25 bits per heavy atom. The molecule has 0 amide bonds. The van der Waals surface area contributed by atoms with Crippen molar-refractivity contribution in [2.75, 3.05) is 0 Å². The predicted molar refractivity (Wildman–Crippen MR) is 75.0 cm³/mol. The number of benzene rings is 1. The van der Waals surface area contributed by atoms with Crippen LogP contribution in [0, 0.1) is 12.3 Å². The Morgan fingerprint density at radius 3 is 2.90 bits per heavy atom. The van der Waals surface area contributed by atoms with E-state index in [4.69, 9.17) is 0 Å². The van der Waals surface area contributed by atoms with Gasteiger partial charge in [-0.2, -0.15) is 0 Å². The molecule has 1 aromatic carbocycles. The van der Waals surface area contributed by atoms with Crippen LogP contribution < -0.4 is 0 Å². The van der Waals surface area contributed by atoms with Crippen LogP contribution in [0.1, 0.15) is 18.4 Å². The fourth-order valence-corrected chi connectivity index (χ4v) is 2.58. The topological polar surface area (TPSA) is 80.9 Å². The molecule has 0 saturated heterocycles. The Labute approximate surface area is 123 Å². The minimum absolute atomic E-state index is 0.316. The van der Waals surface area contributed by atoms with Gasteiger partial charge in [0.25, 0.3) is 0 Å². The van der Waals surface area contributed by atoms with E-state index < -0.39 is 11.4 Å². The van der Waals surface area contributed by atoms with Gasteiger partial charge in [-0.15, -0.1) is 5.10 Å². The normalized spacial score (nSPS) is 16.1. The molecule has 1 saturated carbocycles. The zero-order valence-electron chi connectivity index (χ0n) is 10.9. The van der Waals surface area contributed by atoms with Crippen LogP contribution >= 0.6 is 15.9 Å². The van der Waals surface area contributed by atoms with Crippen molar-refractivity contribution in [3.05, 3.63) is 28.2 Å². The van der Waals surface area contributed by atoms with E-state index in [2.05, 4.69) is 31.5 Å². The number of aliphatic carboxylic acids is 1. The average molecular weight is 337 g/mol. The summed E-state index contributed by atoms with van der Waals surface area (Å²) in [4.78, 5) is 11.3. The molecule has 0 bridgehead atoms. The summed E-state index contributed by atoms with van der Waals surface area (Å²) < 4.78 is 2.53. The maximum Gasteiger partial charge on any atom is 0.311 e. The number of nitrogens with zero attached hydrogens (tertiary/aromatic N) is 4. The lowest BCUT2D eigenvalue weighted by molar-refractivity contribution is -0.144. The summed E-state index contributed by atoms with van der Waals surface area (Å²) in [6, 6.07) is 5.87. The van der Waals surface area contributed by atoms with Crippen LogP contribution in [0.15, 0.2) is 22.7 Å². The first-order valence-corrected chi connectivity index (χ1v) is 7.07. The minimum atomic E-state index is -0.773. The zero-order valence-corrected chi connectivity index (χ0v) is 12.5. The van der Waals surface area contributed by atoms with Gasteiger partial charge in [-0.1, -0.05) is 22.0 Å². The number of hydrogen-bond donors (Lipinski definition) is 1. The number of carbonyl (C=O) groups is 1. The third-order valence-electron chi connectivity index (χ3n) is 3.73. The maximum atomic E-state index is 11.3. The maximum absolute atomic E-state index is 11.3. The second-order valence-electron chi connectivity index (χ2n) is 5.20. The van der Waals surface area contributed by atoms with Crippen molar-refractivity contribution in [2.24, 2.45) is 5.41 Å². The van der Waals surface area contributed by atoms with E-state index in [1.165, 1.54) is 0 Å². The molecular weight excluding hydrogens is 324 g/mol. The number of carboxylic acid groups (broad SMARTS) is 1. The molecule has 0 atom stereocenters. The van der Waals surface area contributed by atoms with E-state index >= 15 is 0 Å². The molecule has 2 aromatic rings.